The molecule has 1 N–H and O–H groups in total. The van der Waals surface area contributed by atoms with Crippen LogP contribution >= 0.6 is 0 Å². The molecule has 0 saturated carbocycles. The number of amidine groups is 1. The first-order chi connectivity index (χ1) is 14.7. The first-order valence-corrected chi connectivity index (χ1v) is 11.7. The van der Waals surface area contributed by atoms with Crippen LogP contribution in [0.3, 0.4) is 0 Å². The minimum atomic E-state index is -0.908. The van der Waals surface area contributed by atoms with Gasteiger partial charge in [-0.1, -0.05) is 33.3 Å². The third-order valence-electron chi connectivity index (χ3n) is 5.69. The minimum Gasteiger partial charge on any atom is -0.481 e. The van der Waals surface area contributed by atoms with E-state index in [0.29, 0.717) is 11.5 Å². The van der Waals surface area contributed by atoms with Crippen LogP contribution in [-0.2, 0) is 9.53 Å². The number of rotatable bonds is 11. The second kappa shape index (κ2) is 14.1. The van der Waals surface area contributed by atoms with Crippen molar-refractivity contribution in [2.24, 2.45) is 16.8 Å². The van der Waals surface area contributed by atoms with E-state index in [4.69, 9.17) is 9.73 Å². The molecule has 1 aliphatic rings. The monoisotopic (exact) mass is 433 g/mol. The van der Waals surface area contributed by atoms with Crippen LogP contribution in [0.4, 0.5) is 0 Å². The summed E-state index contributed by atoms with van der Waals surface area (Å²) in [6, 6.07) is 0. The van der Waals surface area contributed by atoms with Crippen molar-refractivity contribution < 1.29 is 14.6 Å². The van der Waals surface area contributed by atoms with E-state index in [9.17, 15) is 9.90 Å². The topological polar surface area (TPSA) is 65.4 Å². The van der Waals surface area contributed by atoms with Crippen molar-refractivity contribution in [1.29, 1.82) is 0 Å². The summed E-state index contributed by atoms with van der Waals surface area (Å²) in [6.07, 6.45) is 9.24. The van der Waals surface area contributed by atoms with Crippen molar-refractivity contribution in [3.63, 3.8) is 0 Å². The van der Waals surface area contributed by atoms with Crippen molar-refractivity contribution >= 4 is 11.8 Å². The zero-order valence-electron chi connectivity index (χ0n) is 20.6. The quantitative estimate of drug-likeness (QED) is 0.207. The van der Waals surface area contributed by atoms with Gasteiger partial charge in [0.2, 0.25) is 0 Å². The molecule has 176 valence electrons. The van der Waals surface area contributed by atoms with Gasteiger partial charge in [-0.2, -0.15) is 0 Å². The number of carboxylic acid groups (broad SMARTS) is 1. The smallest absolute Gasteiger partial charge is 0.311 e. The summed E-state index contributed by atoms with van der Waals surface area (Å²) in [5, 5.41) is 9.25. The summed E-state index contributed by atoms with van der Waals surface area (Å²) in [7, 11) is 2.07. The molecule has 0 atom stereocenters. The molecule has 6 nitrogen and oxygen atoms in total. The summed E-state index contributed by atoms with van der Waals surface area (Å²) in [5.41, 5.74) is 0.723. The first kappa shape index (κ1) is 27.0. The molecule has 1 aliphatic heterocycles. The third-order valence-corrected chi connectivity index (χ3v) is 5.69. The second-order valence-electron chi connectivity index (χ2n) is 8.55. The fourth-order valence-electron chi connectivity index (χ4n) is 3.63. The zero-order valence-corrected chi connectivity index (χ0v) is 20.6. The predicted octanol–water partition coefficient (Wildman–Crippen LogP) is 5.30. The van der Waals surface area contributed by atoms with Gasteiger partial charge < -0.3 is 14.7 Å². The lowest BCUT2D eigenvalue weighted by Crippen LogP contribution is -2.42. The highest BCUT2D eigenvalue weighted by Crippen LogP contribution is 2.23. The fraction of sp³-hybridized carbons (Fsp3) is 0.680. The number of likely N-dealkylation sites (tertiary alicyclic amines) is 1. The van der Waals surface area contributed by atoms with E-state index in [1.807, 2.05) is 45.9 Å². The van der Waals surface area contributed by atoms with E-state index in [2.05, 4.69) is 30.7 Å². The maximum Gasteiger partial charge on any atom is 0.311 e. The Labute approximate surface area is 189 Å². The molecule has 0 spiro atoms. The number of likely N-dealkylation sites (N-methyl/N-ethyl adjacent to an activating group) is 1. The second-order valence-corrected chi connectivity index (χ2v) is 8.55. The van der Waals surface area contributed by atoms with Gasteiger partial charge in [0.05, 0.1) is 6.54 Å². The molecule has 1 fully saturated rings. The van der Waals surface area contributed by atoms with Gasteiger partial charge in [0.25, 0.3) is 0 Å². The van der Waals surface area contributed by atoms with Gasteiger partial charge in [-0.05, 0) is 70.7 Å². The Balaban J connectivity index is 3.07. The van der Waals surface area contributed by atoms with Crippen LogP contribution in [0, 0.1) is 11.8 Å². The van der Waals surface area contributed by atoms with Crippen LogP contribution < -0.4 is 0 Å². The molecule has 1 rings (SSSR count). The average Bonchev–Trinajstić information content (AvgIpc) is 2.74. The largest absolute Gasteiger partial charge is 0.481 e. The Hall–Kier alpha value is -2.08. The van der Waals surface area contributed by atoms with Crippen molar-refractivity contribution in [3.8, 4) is 0 Å². The highest BCUT2D eigenvalue weighted by atomic mass is 16.5. The summed E-state index contributed by atoms with van der Waals surface area (Å²) in [5.74, 6) is 2.16. The summed E-state index contributed by atoms with van der Waals surface area (Å²) < 4.78 is 6.04. The molecule has 6 heteroatoms. The van der Waals surface area contributed by atoms with Crippen molar-refractivity contribution in [3.05, 3.63) is 35.4 Å². The first-order valence-electron chi connectivity index (χ1n) is 11.7. The van der Waals surface area contributed by atoms with Gasteiger partial charge >= 0.3 is 5.97 Å². The number of carboxylic acids is 1. The Bertz CT molecular complexity index is 684. The number of aliphatic carboxylic acids is 1. The number of ether oxygens (including phenoxy) is 1. The van der Waals surface area contributed by atoms with Crippen LogP contribution in [0.1, 0.15) is 67.2 Å². The molecule has 0 aromatic rings. The van der Waals surface area contributed by atoms with Crippen LogP contribution in [0.5, 0.6) is 0 Å². The lowest BCUT2D eigenvalue weighted by Gasteiger charge is -2.33. The average molecular weight is 434 g/mol. The Morgan fingerprint density at radius 1 is 1.23 bits per heavy atom. The number of hydrogen-bond donors (Lipinski definition) is 1. The SMILES string of the molecule is C/C=C(OC(=CC(C)C)CC(=O)O)/C(=C\C)N=C(CN1CCC(CC)CC1)N(C)CC. The van der Waals surface area contributed by atoms with E-state index in [1.54, 1.807) is 0 Å². The standard InChI is InChI=1S/C25H43N3O3/c1-8-20-12-14-28(15-13-20)18-24(27(7)11-4)26-22(9-2)23(10-3)31-21(16-19(5)6)17-25(29)30/h9-10,16,19-20H,8,11-15,17-18H2,1-7H3,(H,29,30)/b21-16?,22-9+,23-10-,26-24?. The molecule has 0 aromatic carbocycles. The van der Waals surface area contributed by atoms with Crippen LogP contribution in [0.15, 0.2) is 40.4 Å². The van der Waals surface area contributed by atoms with Gasteiger partial charge in [-0.3, -0.25) is 9.69 Å². The zero-order chi connectivity index (χ0) is 23.4. The number of piperidine rings is 1. The Morgan fingerprint density at radius 2 is 1.87 bits per heavy atom. The maximum atomic E-state index is 11.3. The van der Waals surface area contributed by atoms with E-state index >= 15 is 0 Å². The molecule has 0 amide bonds. The highest BCUT2D eigenvalue weighted by Gasteiger charge is 2.21. The molecular formula is C25H43N3O3. The Kier molecular flexibility index (Phi) is 12.2. The summed E-state index contributed by atoms with van der Waals surface area (Å²) in [6.45, 7) is 16.1. The molecule has 0 radical (unpaired) electrons. The van der Waals surface area contributed by atoms with Crippen LogP contribution in [-0.4, -0.2) is 59.9 Å². The molecule has 1 heterocycles. The van der Waals surface area contributed by atoms with Crippen molar-refractivity contribution in [2.75, 3.05) is 33.2 Å². The van der Waals surface area contributed by atoms with Crippen LogP contribution in [0.2, 0.25) is 0 Å². The third kappa shape index (κ3) is 9.72. The van der Waals surface area contributed by atoms with Gasteiger partial charge in [-0.15, -0.1) is 0 Å². The lowest BCUT2D eigenvalue weighted by molar-refractivity contribution is -0.136. The van der Waals surface area contributed by atoms with Gasteiger partial charge in [0, 0.05) is 13.6 Å². The number of hydrogen-bond acceptors (Lipinski definition) is 4. The molecule has 1 saturated heterocycles. The fourth-order valence-corrected chi connectivity index (χ4v) is 3.63. The summed E-state index contributed by atoms with van der Waals surface area (Å²) >= 11 is 0. The molecular weight excluding hydrogens is 390 g/mol. The van der Waals surface area contributed by atoms with E-state index in [1.165, 1.54) is 19.3 Å². The van der Waals surface area contributed by atoms with E-state index in [0.717, 1.165) is 43.6 Å². The van der Waals surface area contributed by atoms with Gasteiger partial charge in [-0.25, -0.2) is 4.99 Å². The number of aliphatic imine (C=N–C) groups is 1. The number of allylic oxidation sites excluding steroid dienone is 3. The van der Waals surface area contributed by atoms with Gasteiger partial charge in [0.1, 0.15) is 29.5 Å². The minimum absolute atomic E-state index is 0.148. The normalized spacial score (nSPS) is 17.9. The van der Waals surface area contributed by atoms with E-state index < -0.39 is 5.97 Å². The number of nitrogens with zero attached hydrogens (tertiary/aromatic N) is 3. The van der Waals surface area contributed by atoms with Crippen molar-refractivity contribution in [2.45, 2.75) is 67.2 Å². The maximum absolute atomic E-state index is 11.3. The van der Waals surface area contributed by atoms with Crippen molar-refractivity contribution in [1.82, 2.24) is 9.80 Å². The Morgan fingerprint density at radius 3 is 2.32 bits per heavy atom. The summed E-state index contributed by atoms with van der Waals surface area (Å²) in [4.78, 5) is 20.9. The molecule has 0 aromatic heterocycles. The molecule has 0 unspecified atom stereocenters. The lowest BCUT2D eigenvalue weighted by atomic mass is 9.94. The predicted molar refractivity (Wildman–Crippen MR) is 129 cm³/mol. The number of carbonyl (C=O) groups is 1. The molecule has 0 aliphatic carbocycles. The van der Waals surface area contributed by atoms with E-state index in [-0.39, 0.29) is 12.3 Å². The molecule has 0 bridgehead atoms. The highest BCUT2D eigenvalue weighted by molar-refractivity contribution is 5.85. The van der Waals surface area contributed by atoms with Gasteiger partial charge in [0.15, 0.2) is 0 Å². The molecule has 31 heavy (non-hydrogen) atoms. The van der Waals surface area contributed by atoms with Crippen LogP contribution in [0.25, 0.3) is 0 Å².